The number of amidine groups is 1. The number of aryl methyl sites for hydroxylation is 1. The molecule has 3 aromatic rings. The number of aromatic nitrogens is 1. The molecule has 1 aromatic heterocycles. The van der Waals surface area contributed by atoms with Gasteiger partial charge in [0.2, 0.25) is 5.82 Å². The lowest BCUT2D eigenvalue weighted by Crippen LogP contribution is -2.31. The highest BCUT2D eigenvalue weighted by atomic mass is 32.1. The number of carbonyl (C=O) groups is 1. The lowest BCUT2D eigenvalue weighted by atomic mass is 10.1. The van der Waals surface area contributed by atoms with Crippen LogP contribution in [0.4, 0.5) is 22.0 Å². The number of rotatable bonds is 8. The zero-order valence-corrected chi connectivity index (χ0v) is 20.5. The molecule has 0 aliphatic carbocycles. The molecule has 2 atom stereocenters. The summed E-state index contributed by atoms with van der Waals surface area (Å²) in [4.78, 5) is 20.7. The summed E-state index contributed by atoms with van der Waals surface area (Å²) < 4.78 is 79.9. The first-order valence-electron chi connectivity index (χ1n) is 10.9. The van der Waals surface area contributed by atoms with E-state index in [-0.39, 0.29) is 17.1 Å². The third-order valence-electron chi connectivity index (χ3n) is 5.47. The van der Waals surface area contributed by atoms with Gasteiger partial charge in [0.25, 0.3) is 6.23 Å². The zero-order valence-electron chi connectivity index (χ0n) is 19.7. The van der Waals surface area contributed by atoms with E-state index in [1.807, 2.05) is 0 Å². The number of nitrogens with one attached hydrogen (secondary N) is 1. The quantitative estimate of drug-likeness (QED) is 0.289. The van der Waals surface area contributed by atoms with Crippen molar-refractivity contribution in [3.63, 3.8) is 0 Å². The summed E-state index contributed by atoms with van der Waals surface area (Å²) in [5.41, 5.74) is 0.0830. The highest BCUT2D eigenvalue weighted by Gasteiger charge is 2.31. The number of benzene rings is 2. The topological polar surface area (TPSA) is 82.0 Å². The lowest BCUT2D eigenvalue weighted by molar-refractivity contribution is -0.137. The number of methoxy groups -OCH3 is 1. The molecule has 2 unspecified atom stereocenters. The number of oxime groups is 1. The second kappa shape index (κ2) is 10.3. The van der Waals surface area contributed by atoms with E-state index in [1.165, 1.54) is 19.2 Å². The van der Waals surface area contributed by atoms with Crippen LogP contribution in [0.5, 0.6) is 11.5 Å². The van der Waals surface area contributed by atoms with Crippen molar-refractivity contribution in [2.75, 3.05) is 7.11 Å². The first-order valence-corrected chi connectivity index (χ1v) is 11.7. The van der Waals surface area contributed by atoms with Crippen molar-refractivity contribution in [2.24, 2.45) is 5.16 Å². The van der Waals surface area contributed by atoms with E-state index in [1.54, 1.807) is 13.8 Å². The van der Waals surface area contributed by atoms with Crippen molar-refractivity contribution >= 4 is 23.5 Å². The summed E-state index contributed by atoms with van der Waals surface area (Å²) in [7, 11) is 1.18. The van der Waals surface area contributed by atoms with E-state index in [2.05, 4.69) is 15.5 Å². The number of halogens is 5. The molecule has 13 heteroatoms. The highest BCUT2D eigenvalue weighted by molar-refractivity contribution is 7.15. The highest BCUT2D eigenvalue weighted by Crippen LogP contribution is 2.40. The van der Waals surface area contributed by atoms with E-state index in [4.69, 9.17) is 14.3 Å². The van der Waals surface area contributed by atoms with Crippen LogP contribution >= 0.6 is 11.3 Å². The third kappa shape index (κ3) is 5.22. The Hall–Kier alpha value is -3.74. The molecule has 2 heterocycles. The Bertz CT molecular complexity index is 1340. The number of nitrogens with zero attached hydrogens (tertiary/aromatic N) is 2. The first-order chi connectivity index (χ1) is 17.6. The molecule has 1 aliphatic heterocycles. The molecule has 0 fully saturated rings. The van der Waals surface area contributed by atoms with Gasteiger partial charge >= 0.3 is 6.18 Å². The van der Waals surface area contributed by atoms with E-state index in [0.29, 0.717) is 33.8 Å². The predicted molar refractivity (Wildman–Crippen MR) is 124 cm³/mol. The van der Waals surface area contributed by atoms with Crippen LogP contribution in [0.25, 0.3) is 10.6 Å². The lowest BCUT2D eigenvalue weighted by Gasteiger charge is -2.20. The summed E-state index contributed by atoms with van der Waals surface area (Å²) in [6.45, 7) is 3.42. The Kier molecular flexibility index (Phi) is 7.35. The summed E-state index contributed by atoms with van der Waals surface area (Å²) in [5, 5.41) is 6.61. The van der Waals surface area contributed by atoms with Gasteiger partial charge in [-0.15, -0.1) is 11.3 Å². The number of carbonyl (C=O) groups excluding carboxylic acids is 1. The average molecular weight is 541 g/mol. The smallest absolute Gasteiger partial charge is 0.416 e. The molecule has 0 saturated heterocycles. The summed E-state index contributed by atoms with van der Waals surface area (Å²) >= 11 is 1.15. The number of aldehydes is 1. The molecule has 1 aliphatic rings. The molecule has 0 amide bonds. The van der Waals surface area contributed by atoms with Gasteiger partial charge in [0.1, 0.15) is 11.1 Å². The van der Waals surface area contributed by atoms with Crippen LogP contribution in [0, 0.1) is 18.6 Å². The van der Waals surface area contributed by atoms with Crippen LogP contribution in [0.1, 0.15) is 41.1 Å². The van der Waals surface area contributed by atoms with Crippen molar-refractivity contribution in [3.05, 3.63) is 63.7 Å². The van der Waals surface area contributed by atoms with Gasteiger partial charge in [0, 0.05) is 5.56 Å². The molecule has 0 bridgehead atoms. The van der Waals surface area contributed by atoms with E-state index in [0.717, 1.165) is 29.5 Å². The minimum absolute atomic E-state index is 0.0928. The van der Waals surface area contributed by atoms with Crippen LogP contribution in [0.15, 0.2) is 35.5 Å². The number of hydrogen-bond donors (Lipinski definition) is 1. The van der Waals surface area contributed by atoms with Crippen molar-refractivity contribution in [1.82, 2.24) is 10.3 Å². The molecule has 0 radical (unpaired) electrons. The monoisotopic (exact) mass is 541 g/mol. The van der Waals surface area contributed by atoms with Crippen molar-refractivity contribution in [3.8, 4) is 22.1 Å². The van der Waals surface area contributed by atoms with Gasteiger partial charge in [-0.2, -0.15) is 17.6 Å². The van der Waals surface area contributed by atoms with Gasteiger partial charge in [-0.1, -0.05) is 24.2 Å². The molecular weight excluding hydrogens is 521 g/mol. The zero-order chi connectivity index (χ0) is 26.9. The van der Waals surface area contributed by atoms with Gasteiger partial charge in [-0.25, -0.2) is 9.37 Å². The second-order valence-electron chi connectivity index (χ2n) is 7.89. The summed E-state index contributed by atoms with van der Waals surface area (Å²) in [6.07, 6.45) is -5.64. The fraction of sp³-hybridized carbons (Fsp3) is 0.292. The fourth-order valence-electron chi connectivity index (χ4n) is 3.65. The largest absolute Gasteiger partial charge is 0.493 e. The van der Waals surface area contributed by atoms with Crippen molar-refractivity contribution in [2.45, 2.75) is 38.8 Å². The number of hydrogen-bond acceptors (Lipinski definition) is 8. The second-order valence-corrected chi connectivity index (χ2v) is 8.92. The Morgan fingerprint density at radius 1 is 1.22 bits per heavy atom. The van der Waals surface area contributed by atoms with Gasteiger partial charge < -0.3 is 19.6 Å². The average Bonchev–Trinajstić information content (AvgIpc) is 3.50. The summed E-state index contributed by atoms with van der Waals surface area (Å²) in [6, 6.07) is 5.50. The molecule has 196 valence electrons. The summed E-state index contributed by atoms with van der Waals surface area (Å²) in [5.74, 6) is -3.33. The van der Waals surface area contributed by atoms with Crippen molar-refractivity contribution in [1.29, 1.82) is 0 Å². The molecule has 1 N–H and O–H groups in total. The predicted octanol–water partition coefficient (Wildman–Crippen LogP) is 5.76. The molecule has 0 spiro atoms. The SMILES string of the molecule is CCC(Oc1c(F)cc(C2=NOC(C=O)N2)c(OC)c1F)c1sc(-c2ccc(C(F)(F)F)cc2)nc1C. The molecule has 37 heavy (non-hydrogen) atoms. The Labute approximate surface area is 211 Å². The van der Waals surface area contributed by atoms with Gasteiger partial charge in [-0.05, 0) is 31.5 Å². The van der Waals surface area contributed by atoms with Crippen LogP contribution in [-0.2, 0) is 15.8 Å². The molecule has 7 nitrogen and oxygen atoms in total. The van der Waals surface area contributed by atoms with Gasteiger partial charge in [0.15, 0.2) is 29.4 Å². The van der Waals surface area contributed by atoms with Crippen LogP contribution < -0.4 is 14.8 Å². The van der Waals surface area contributed by atoms with E-state index < -0.39 is 41.5 Å². The number of ether oxygens (including phenoxy) is 2. The Balaban J connectivity index is 1.64. The Morgan fingerprint density at radius 2 is 1.92 bits per heavy atom. The maximum Gasteiger partial charge on any atom is 0.416 e. The van der Waals surface area contributed by atoms with Crippen LogP contribution in [0.2, 0.25) is 0 Å². The van der Waals surface area contributed by atoms with Gasteiger partial charge in [-0.3, -0.25) is 4.79 Å². The van der Waals surface area contributed by atoms with Crippen molar-refractivity contribution < 1.29 is 41.1 Å². The fourth-order valence-corrected chi connectivity index (χ4v) is 4.83. The minimum Gasteiger partial charge on any atom is -0.493 e. The molecule has 0 saturated carbocycles. The maximum absolute atomic E-state index is 15.4. The first kappa shape index (κ1) is 26.3. The van der Waals surface area contributed by atoms with Crippen LogP contribution in [-0.4, -0.2) is 30.4 Å². The number of alkyl halides is 3. The van der Waals surface area contributed by atoms with E-state index in [9.17, 15) is 18.0 Å². The number of thiazole rings is 1. The normalized spacial score (nSPS) is 16.0. The molecular formula is C24H20F5N3O4S. The third-order valence-corrected chi connectivity index (χ3v) is 6.76. The van der Waals surface area contributed by atoms with Gasteiger partial charge in [0.05, 0.1) is 28.8 Å². The maximum atomic E-state index is 15.4. The van der Waals surface area contributed by atoms with Crippen LogP contribution in [0.3, 0.4) is 0 Å². The molecule has 4 rings (SSSR count). The van der Waals surface area contributed by atoms with E-state index >= 15 is 8.78 Å². The standard InChI is InChI=1S/C24H20F5N3O4S/c1-4-16(21-11(2)30-23(37-21)12-5-7-13(8-6-12)24(27,28)29)35-20-15(25)9-14(19(34-3)18(20)26)22-31-17(10-33)36-32-22/h5-10,16-17H,4H2,1-3H3,(H,31,32). The minimum atomic E-state index is -4.46. The Morgan fingerprint density at radius 3 is 2.49 bits per heavy atom. The molecule has 2 aromatic carbocycles.